The van der Waals surface area contributed by atoms with Crippen molar-refractivity contribution in [3.63, 3.8) is 0 Å². The molecule has 0 fully saturated rings. The van der Waals surface area contributed by atoms with Crippen LogP contribution in [0.4, 0.5) is 5.88 Å². The lowest BCUT2D eigenvalue weighted by Crippen LogP contribution is -1.86. The van der Waals surface area contributed by atoms with Crippen LogP contribution >= 0.6 is 27.3 Å². The molecule has 0 aliphatic rings. The average Bonchev–Trinajstić information content (AvgIpc) is 3.01. The van der Waals surface area contributed by atoms with Gasteiger partial charge in [0.25, 0.3) is 0 Å². The third-order valence-electron chi connectivity index (χ3n) is 2.93. The van der Waals surface area contributed by atoms with Gasteiger partial charge in [0.05, 0.1) is 5.56 Å². The fourth-order valence-corrected chi connectivity index (χ4v) is 3.05. The van der Waals surface area contributed by atoms with Crippen molar-refractivity contribution < 1.29 is 4.52 Å². The Bertz CT molecular complexity index is 719. The molecule has 0 saturated heterocycles. The predicted molar refractivity (Wildman–Crippen MR) is 82.1 cm³/mol. The van der Waals surface area contributed by atoms with Gasteiger partial charge in [-0.25, -0.2) is 0 Å². The Morgan fingerprint density at radius 3 is 2.84 bits per heavy atom. The van der Waals surface area contributed by atoms with Gasteiger partial charge in [0.2, 0.25) is 5.88 Å². The molecule has 0 atom stereocenters. The molecule has 3 aromatic rings. The summed E-state index contributed by atoms with van der Waals surface area (Å²) in [6, 6.07) is 10.1. The third-order valence-corrected chi connectivity index (χ3v) is 4.67. The van der Waals surface area contributed by atoms with Gasteiger partial charge in [-0.15, -0.1) is 11.3 Å². The first-order valence-corrected chi connectivity index (χ1v) is 7.39. The first-order chi connectivity index (χ1) is 9.16. The standard InChI is InChI=1S/C14H11BrN2OS/c1-8-4-5-9(7-10(8)15)13-12(14(16)18-17-13)11-3-2-6-19-11/h2-7H,16H2,1H3. The highest BCUT2D eigenvalue weighted by atomic mass is 79.9. The number of thiophene rings is 1. The molecule has 0 unspecified atom stereocenters. The second-order valence-corrected chi connectivity index (χ2v) is 6.01. The lowest BCUT2D eigenvalue weighted by Gasteiger charge is -2.03. The minimum Gasteiger partial charge on any atom is -0.367 e. The van der Waals surface area contributed by atoms with Gasteiger partial charge in [-0.05, 0) is 30.0 Å². The highest BCUT2D eigenvalue weighted by Gasteiger charge is 2.18. The highest BCUT2D eigenvalue weighted by Crippen LogP contribution is 2.39. The minimum absolute atomic E-state index is 0.356. The number of hydrogen-bond acceptors (Lipinski definition) is 4. The summed E-state index contributed by atoms with van der Waals surface area (Å²) in [6.07, 6.45) is 0. The Labute approximate surface area is 123 Å². The van der Waals surface area contributed by atoms with Crippen LogP contribution in [0.25, 0.3) is 21.7 Å². The molecule has 19 heavy (non-hydrogen) atoms. The number of nitrogen functional groups attached to an aromatic ring is 1. The molecule has 96 valence electrons. The van der Waals surface area contributed by atoms with E-state index in [1.165, 1.54) is 5.56 Å². The Morgan fingerprint density at radius 1 is 1.32 bits per heavy atom. The Balaban J connectivity index is 2.18. The fraction of sp³-hybridized carbons (Fsp3) is 0.0714. The van der Waals surface area contributed by atoms with Gasteiger partial charge in [0.15, 0.2) is 0 Å². The Morgan fingerprint density at radius 2 is 2.16 bits per heavy atom. The van der Waals surface area contributed by atoms with Crippen molar-refractivity contribution in [3.8, 4) is 21.7 Å². The molecular weight excluding hydrogens is 324 g/mol. The Hall–Kier alpha value is -1.59. The smallest absolute Gasteiger partial charge is 0.231 e. The van der Waals surface area contributed by atoms with Gasteiger partial charge in [-0.3, -0.25) is 0 Å². The van der Waals surface area contributed by atoms with Crippen LogP contribution in [0.15, 0.2) is 44.7 Å². The zero-order valence-corrected chi connectivity index (χ0v) is 12.6. The maximum atomic E-state index is 5.90. The summed E-state index contributed by atoms with van der Waals surface area (Å²) in [4.78, 5) is 1.06. The quantitative estimate of drug-likeness (QED) is 0.737. The van der Waals surface area contributed by atoms with E-state index < -0.39 is 0 Å². The second-order valence-electron chi connectivity index (χ2n) is 4.21. The van der Waals surface area contributed by atoms with Crippen LogP contribution in [-0.4, -0.2) is 5.16 Å². The van der Waals surface area contributed by atoms with Crippen molar-refractivity contribution in [2.24, 2.45) is 0 Å². The molecule has 1 aromatic carbocycles. The van der Waals surface area contributed by atoms with Crippen molar-refractivity contribution in [3.05, 3.63) is 45.7 Å². The zero-order chi connectivity index (χ0) is 13.4. The fourth-order valence-electron chi connectivity index (χ4n) is 1.90. The van der Waals surface area contributed by atoms with E-state index in [4.69, 9.17) is 10.3 Å². The van der Waals surface area contributed by atoms with Gasteiger partial charge in [0, 0.05) is 14.9 Å². The number of hydrogen-bond donors (Lipinski definition) is 1. The van der Waals surface area contributed by atoms with E-state index in [9.17, 15) is 0 Å². The summed E-state index contributed by atoms with van der Waals surface area (Å²) >= 11 is 5.16. The summed E-state index contributed by atoms with van der Waals surface area (Å²) in [5, 5.41) is 6.11. The molecule has 3 nitrogen and oxygen atoms in total. The summed E-state index contributed by atoms with van der Waals surface area (Å²) in [6.45, 7) is 2.05. The SMILES string of the molecule is Cc1ccc(-c2noc(N)c2-c2cccs2)cc1Br. The molecule has 5 heteroatoms. The van der Waals surface area contributed by atoms with Crippen molar-refractivity contribution in [2.75, 3.05) is 5.73 Å². The van der Waals surface area contributed by atoms with Crippen LogP contribution in [0.1, 0.15) is 5.56 Å². The second kappa shape index (κ2) is 4.83. The molecule has 0 saturated carbocycles. The minimum atomic E-state index is 0.356. The molecule has 2 heterocycles. The molecule has 2 aromatic heterocycles. The van der Waals surface area contributed by atoms with Crippen molar-refractivity contribution in [1.82, 2.24) is 5.16 Å². The number of anilines is 1. The van der Waals surface area contributed by atoms with Crippen LogP contribution < -0.4 is 5.73 Å². The summed E-state index contributed by atoms with van der Waals surface area (Å²) in [5.41, 5.74) is 9.71. The van der Waals surface area contributed by atoms with E-state index in [-0.39, 0.29) is 0 Å². The predicted octanol–water partition coefficient (Wildman–Crippen LogP) is 4.72. The van der Waals surface area contributed by atoms with E-state index >= 15 is 0 Å². The normalized spacial score (nSPS) is 10.8. The molecule has 0 radical (unpaired) electrons. The number of rotatable bonds is 2. The first kappa shape index (κ1) is 12.4. The maximum Gasteiger partial charge on any atom is 0.231 e. The van der Waals surface area contributed by atoms with Crippen LogP contribution in [0.5, 0.6) is 0 Å². The number of aromatic nitrogens is 1. The number of nitrogens with zero attached hydrogens (tertiary/aromatic N) is 1. The van der Waals surface area contributed by atoms with E-state index in [1.54, 1.807) is 11.3 Å². The molecule has 2 N–H and O–H groups in total. The zero-order valence-electron chi connectivity index (χ0n) is 10.2. The molecule has 0 aliphatic heterocycles. The molecule has 0 spiro atoms. The monoisotopic (exact) mass is 334 g/mol. The molecule has 0 aliphatic carbocycles. The maximum absolute atomic E-state index is 5.90. The van der Waals surface area contributed by atoms with Gasteiger partial charge >= 0.3 is 0 Å². The van der Waals surface area contributed by atoms with Gasteiger partial charge in [-0.2, -0.15) is 0 Å². The molecule has 0 amide bonds. The topological polar surface area (TPSA) is 52.0 Å². The van der Waals surface area contributed by atoms with Gasteiger partial charge < -0.3 is 10.3 Å². The summed E-state index contributed by atoms with van der Waals surface area (Å²) in [7, 11) is 0. The van der Waals surface area contributed by atoms with E-state index in [0.717, 1.165) is 26.2 Å². The summed E-state index contributed by atoms with van der Waals surface area (Å²) < 4.78 is 6.21. The number of aryl methyl sites for hydroxylation is 1. The number of halogens is 1. The lowest BCUT2D eigenvalue weighted by molar-refractivity contribution is 0.439. The highest BCUT2D eigenvalue weighted by molar-refractivity contribution is 9.10. The molecular formula is C14H11BrN2OS. The largest absolute Gasteiger partial charge is 0.367 e. The molecule has 3 rings (SSSR count). The van der Waals surface area contributed by atoms with Crippen LogP contribution in [0, 0.1) is 6.92 Å². The van der Waals surface area contributed by atoms with E-state index in [0.29, 0.717) is 5.88 Å². The number of benzene rings is 1. The van der Waals surface area contributed by atoms with E-state index in [2.05, 4.69) is 21.1 Å². The third kappa shape index (κ3) is 2.19. The number of nitrogens with two attached hydrogens (primary N) is 1. The van der Waals surface area contributed by atoms with E-state index in [1.807, 2.05) is 42.6 Å². The first-order valence-electron chi connectivity index (χ1n) is 5.72. The average molecular weight is 335 g/mol. The van der Waals surface area contributed by atoms with Crippen molar-refractivity contribution in [2.45, 2.75) is 6.92 Å². The van der Waals surface area contributed by atoms with Crippen LogP contribution in [0.3, 0.4) is 0 Å². The van der Waals surface area contributed by atoms with Crippen molar-refractivity contribution >= 4 is 33.2 Å². The van der Waals surface area contributed by atoms with Crippen molar-refractivity contribution in [1.29, 1.82) is 0 Å². The Kier molecular flexibility index (Phi) is 3.16. The molecule has 0 bridgehead atoms. The van der Waals surface area contributed by atoms with Crippen LogP contribution in [0.2, 0.25) is 0 Å². The lowest BCUT2D eigenvalue weighted by atomic mass is 10.1. The van der Waals surface area contributed by atoms with Crippen LogP contribution in [-0.2, 0) is 0 Å². The van der Waals surface area contributed by atoms with Gasteiger partial charge in [0.1, 0.15) is 5.69 Å². The summed E-state index contributed by atoms with van der Waals surface area (Å²) in [5.74, 6) is 0.356. The van der Waals surface area contributed by atoms with Gasteiger partial charge in [-0.1, -0.05) is 39.3 Å².